The molecule has 0 aliphatic carbocycles. The summed E-state index contributed by atoms with van der Waals surface area (Å²) in [5.74, 6) is 2.43. The Balaban J connectivity index is 1.34. The predicted molar refractivity (Wildman–Crippen MR) is 99.8 cm³/mol. The first kappa shape index (κ1) is 18.7. The van der Waals surface area contributed by atoms with Gasteiger partial charge in [-0.15, -0.1) is 0 Å². The quantitative estimate of drug-likeness (QED) is 0.774. The number of furan rings is 1. The Labute approximate surface area is 155 Å². The van der Waals surface area contributed by atoms with Gasteiger partial charge in [0, 0.05) is 57.6 Å². The van der Waals surface area contributed by atoms with Gasteiger partial charge in [-0.2, -0.15) is 0 Å². The van der Waals surface area contributed by atoms with Crippen LogP contribution in [0.1, 0.15) is 31.4 Å². The van der Waals surface area contributed by atoms with E-state index in [1.807, 2.05) is 18.3 Å². The molecule has 0 radical (unpaired) electrons. The first-order valence-electron chi connectivity index (χ1n) is 9.36. The number of piperazine rings is 1. The predicted octanol–water partition coefficient (Wildman–Crippen LogP) is 1.53. The van der Waals surface area contributed by atoms with Gasteiger partial charge in [0.15, 0.2) is 0 Å². The van der Waals surface area contributed by atoms with Crippen LogP contribution in [-0.4, -0.2) is 64.5 Å². The maximum Gasteiger partial charge on any atom is 0.234 e. The lowest BCUT2D eigenvalue weighted by molar-refractivity contribution is -0.122. The molecule has 1 saturated heterocycles. The number of hydrogen-bond acceptors (Lipinski definition) is 5. The van der Waals surface area contributed by atoms with Crippen molar-refractivity contribution >= 4 is 5.91 Å². The highest BCUT2D eigenvalue weighted by Crippen LogP contribution is 2.12. The van der Waals surface area contributed by atoms with Crippen LogP contribution in [0.4, 0.5) is 0 Å². The fourth-order valence-electron chi connectivity index (χ4n) is 3.29. The highest BCUT2D eigenvalue weighted by atomic mass is 16.3. The SMILES string of the molecule is CC(C)c1nccn1CCN1CCN(CC(=O)NCc2ccco2)CC1. The Bertz CT molecular complexity index is 672. The minimum absolute atomic E-state index is 0.0508. The van der Waals surface area contributed by atoms with E-state index >= 15 is 0 Å². The summed E-state index contributed by atoms with van der Waals surface area (Å²) < 4.78 is 7.48. The zero-order chi connectivity index (χ0) is 18.4. The van der Waals surface area contributed by atoms with E-state index in [9.17, 15) is 4.79 Å². The molecule has 0 spiro atoms. The van der Waals surface area contributed by atoms with E-state index in [4.69, 9.17) is 4.42 Å². The smallest absolute Gasteiger partial charge is 0.234 e. The number of nitrogens with one attached hydrogen (secondary N) is 1. The van der Waals surface area contributed by atoms with Gasteiger partial charge in [0.1, 0.15) is 11.6 Å². The monoisotopic (exact) mass is 359 g/mol. The van der Waals surface area contributed by atoms with E-state index in [0.717, 1.165) is 50.9 Å². The van der Waals surface area contributed by atoms with Crippen molar-refractivity contribution < 1.29 is 9.21 Å². The maximum absolute atomic E-state index is 12.1. The van der Waals surface area contributed by atoms with Gasteiger partial charge in [-0.05, 0) is 12.1 Å². The van der Waals surface area contributed by atoms with Gasteiger partial charge in [-0.3, -0.25) is 14.6 Å². The topological polar surface area (TPSA) is 66.5 Å². The minimum Gasteiger partial charge on any atom is -0.467 e. The van der Waals surface area contributed by atoms with Crippen molar-refractivity contribution in [2.75, 3.05) is 39.3 Å². The van der Waals surface area contributed by atoms with Gasteiger partial charge in [0.25, 0.3) is 0 Å². The molecular weight excluding hydrogens is 330 g/mol. The number of imidazole rings is 1. The molecule has 7 heteroatoms. The number of rotatable bonds is 8. The second-order valence-electron chi connectivity index (χ2n) is 7.11. The maximum atomic E-state index is 12.1. The van der Waals surface area contributed by atoms with Gasteiger partial charge in [0.05, 0.1) is 19.4 Å². The second kappa shape index (κ2) is 9.00. The normalized spacial score (nSPS) is 16.3. The molecule has 2 aromatic rings. The third-order valence-electron chi connectivity index (χ3n) is 4.79. The molecule has 2 aromatic heterocycles. The van der Waals surface area contributed by atoms with Crippen LogP contribution in [0.2, 0.25) is 0 Å². The summed E-state index contributed by atoms with van der Waals surface area (Å²) in [6.45, 7) is 11.1. The minimum atomic E-state index is 0.0508. The Hall–Kier alpha value is -2.12. The molecule has 1 aliphatic heterocycles. The van der Waals surface area contributed by atoms with Crippen molar-refractivity contribution in [3.05, 3.63) is 42.4 Å². The van der Waals surface area contributed by atoms with Gasteiger partial charge in [0.2, 0.25) is 5.91 Å². The average molecular weight is 359 g/mol. The van der Waals surface area contributed by atoms with Crippen LogP contribution in [0.3, 0.4) is 0 Å². The Morgan fingerprint density at radius 2 is 2.00 bits per heavy atom. The van der Waals surface area contributed by atoms with E-state index in [0.29, 0.717) is 19.0 Å². The van der Waals surface area contributed by atoms with Crippen molar-refractivity contribution in [2.45, 2.75) is 32.9 Å². The third kappa shape index (κ3) is 5.19. The van der Waals surface area contributed by atoms with Gasteiger partial charge in [-0.1, -0.05) is 13.8 Å². The van der Waals surface area contributed by atoms with E-state index in [2.05, 4.69) is 44.7 Å². The summed E-state index contributed by atoms with van der Waals surface area (Å²) in [7, 11) is 0. The number of carbonyl (C=O) groups excluding carboxylic acids is 1. The van der Waals surface area contributed by atoms with Gasteiger partial charge < -0.3 is 14.3 Å². The number of aromatic nitrogens is 2. The summed E-state index contributed by atoms with van der Waals surface area (Å²) in [5.41, 5.74) is 0. The molecule has 1 amide bonds. The second-order valence-corrected chi connectivity index (χ2v) is 7.11. The number of nitrogens with zero attached hydrogens (tertiary/aromatic N) is 4. The van der Waals surface area contributed by atoms with Crippen LogP contribution in [0.5, 0.6) is 0 Å². The lowest BCUT2D eigenvalue weighted by Gasteiger charge is -2.34. The standard InChI is InChI=1S/C19H29N5O2/c1-16(2)19-20-5-6-24(19)12-11-22-7-9-23(10-8-22)15-18(25)21-14-17-4-3-13-26-17/h3-6,13,16H,7-12,14-15H2,1-2H3,(H,21,25). The molecule has 26 heavy (non-hydrogen) atoms. The summed E-state index contributed by atoms with van der Waals surface area (Å²) >= 11 is 0. The van der Waals surface area contributed by atoms with Crippen molar-refractivity contribution in [1.82, 2.24) is 24.7 Å². The van der Waals surface area contributed by atoms with Gasteiger partial charge in [-0.25, -0.2) is 4.98 Å². The molecule has 1 aliphatic rings. The highest BCUT2D eigenvalue weighted by Gasteiger charge is 2.19. The summed E-state index contributed by atoms with van der Waals surface area (Å²) in [6.07, 6.45) is 5.57. The molecular formula is C19H29N5O2. The number of amides is 1. The molecule has 7 nitrogen and oxygen atoms in total. The summed E-state index contributed by atoms with van der Waals surface area (Å²) in [6, 6.07) is 3.69. The molecule has 3 rings (SSSR count). The Kier molecular flexibility index (Phi) is 6.46. The average Bonchev–Trinajstić information content (AvgIpc) is 3.31. The fraction of sp³-hybridized carbons (Fsp3) is 0.579. The van der Waals surface area contributed by atoms with Gasteiger partial charge >= 0.3 is 0 Å². The van der Waals surface area contributed by atoms with Crippen LogP contribution in [0, 0.1) is 0 Å². The third-order valence-corrected chi connectivity index (χ3v) is 4.79. The van der Waals surface area contributed by atoms with Crippen LogP contribution < -0.4 is 5.32 Å². The van der Waals surface area contributed by atoms with E-state index in [1.54, 1.807) is 6.26 Å². The molecule has 0 aromatic carbocycles. The molecule has 1 N–H and O–H groups in total. The van der Waals surface area contributed by atoms with Crippen molar-refractivity contribution in [3.8, 4) is 0 Å². The lowest BCUT2D eigenvalue weighted by Crippen LogP contribution is -2.49. The highest BCUT2D eigenvalue weighted by molar-refractivity contribution is 5.77. The van der Waals surface area contributed by atoms with Crippen LogP contribution in [0.15, 0.2) is 35.2 Å². The zero-order valence-corrected chi connectivity index (χ0v) is 15.7. The first-order chi connectivity index (χ1) is 12.6. The van der Waals surface area contributed by atoms with Crippen molar-refractivity contribution in [2.24, 2.45) is 0 Å². The number of carbonyl (C=O) groups is 1. The Morgan fingerprint density at radius 1 is 1.23 bits per heavy atom. The Morgan fingerprint density at radius 3 is 2.69 bits per heavy atom. The van der Waals surface area contributed by atoms with Crippen LogP contribution in [-0.2, 0) is 17.9 Å². The molecule has 0 bridgehead atoms. The van der Waals surface area contributed by atoms with E-state index < -0.39 is 0 Å². The lowest BCUT2D eigenvalue weighted by atomic mass is 10.2. The van der Waals surface area contributed by atoms with Crippen molar-refractivity contribution in [3.63, 3.8) is 0 Å². The molecule has 3 heterocycles. The van der Waals surface area contributed by atoms with E-state index in [-0.39, 0.29) is 5.91 Å². The van der Waals surface area contributed by atoms with E-state index in [1.165, 1.54) is 0 Å². The zero-order valence-electron chi connectivity index (χ0n) is 15.7. The first-order valence-corrected chi connectivity index (χ1v) is 9.36. The summed E-state index contributed by atoms with van der Waals surface area (Å²) in [4.78, 5) is 21.2. The largest absolute Gasteiger partial charge is 0.467 e. The molecule has 142 valence electrons. The summed E-state index contributed by atoms with van der Waals surface area (Å²) in [5, 5.41) is 2.91. The molecule has 0 atom stereocenters. The molecule has 0 unspecified atom stereocenters. The van der Waals surface area contributed by atoms with Crippen molar-refractivity contribution in [1.29, 1.82) is 0 Å². The van der Waals surface area contributed by atoms with Crippen LogP contribution in [0.25, 0.3) is 0 Å². The molecule has 0 saturated carbocycles. The molecule has 1 fully saturated rings. The fourth-order valence-corrected chi connectivity index (χ4v) is 3.29. The number of hydrogen-bond donors (Lipinski definition) is 1. The van der Waals surface area contributed by atoms with Crippen LogP contribution >= 0.6 is 0 Å².